The maximum Gasteiger partial charge on any atom is 0.265 e. The van der Waals surface area contributed by atoms with Crippen LogP contribution >= 0.6 is 0 Å². The summed E-state index contributed by atoms with van der Waals surface area (Å²) in [5.74, 6) is 0.737. The first-order valence-electron chi connectivity index (χ1n) is 6.74. The molecule has 2 aromatic rings. The first-order chi connectivity index (χ1) is 10.6. The van der Waals surface area contributed by atoms with Crippen molar-refractivity contribution in [2.75, 3.05) is 12.4 Å². The molecule has 0 aromatic heterocycles. The molecule has 0 fully saturated rings. The third-order valence-corrected chi connectivity index (χ3v) is 3.02. The Morgan fingerprint density at radius 3 is 2.73 bits per heavy atom. The van der Waals surface area contributed by atoms with Crippen molar-refractivity contribution >= 4 is 11.6 Å². The van der Waals surface area contributed by atoms with Gasteiger partial charge >= 0.3 is 0 Å². The predicted molar refractivity (Wildman–Crippen MR) is 82.9 cm³/mol. The molecule has 0 saturated carbocycles. The molecule has 112 valence electrons. The van der Waals surface area contributed by atoms with Gasteiger partial charge in [0.05, 0.1) is 12.7 Å². The van der Waals surface area contributed by atoms with Gasteiger partial charge in [-0.2, -0.15) is 5.26 Å². The number of hydrogen-bond donors (Lipinski definition) is 1. The molecule has 0 saturated heterocycles. The molecule has 1 atom stereocenters. The Bertz CT molecular complexity index is 707. The number of methoxy groups -OCH3 is 1. The van der Waals surface area contributed by atoms with Crippen LogP contribution in [0.1, 0.15) is 12.5 Å². The second kappa shape index (κ2) is 7.14. The molecule has 22 heavy (non-hydrogen) atoms. The highest BCUT2D eigenvalue weighted by molar-refractivity contribution is 5.94. The normalized spacial score (nSPS) is 11.1. The number of benzene rings is 2. The van der Waals surface area contributed by atoms with Crippen LogP contribution in [-0.4, -0.2) is 19.1 Å². The third kappa shape index (κ3) is 3.76. The molecule has 5 nitrogen and oxygen atoms in total. The lowest BCUT2D eigenvalue weighted by Crippen LogP contribution is -2.30. The van der Waals surface area contributed by atoms with Crippen molar-refractivity contribution in [2.24, 2.45) is 0 Å². The molecular formula is C17H16N2O3. The number of ether oxygens (including phenoxy) is 2. The fourth-order valence-corrected chi connectivity index (χ4v) is 1.85. The first-order valence-corrected chi connectivity index (χ1v) is 6.74. The fourth-order valence-electron chi connectivity index (χ4n) is 1.85. The van der Waals surface area contributed by atoms with Gasteiger partial charge in [-0.05, 0) is 31.2 Å². The molecule has 1 amide bonds. The number of nitriles is 1. The molecule has 0 aliphatic heterocycles. The van der Waals surface area contributed by atoms with Crippen molar-refractivity contribution < 1.29 is 14.3 Å². The minimum atomic E-state index is -0.735. The topological polar surface area (TPSA) is 71.3 Å². The highest BCUT2D eigenvalue weighted by Gasteiger charge is 2.16. The van der Waals surface area contributed by atoms with Crippen molar-refractivity contribution in [2.45, 2.75) is 13.0 Å². The molecule has 2 rings (SSSR count). The summed E-state index contributed by atoms with van der Waals surface area (Å²) in [7, 11) is 1.56. The minimum Gasteiger partial charge on any atom is -0.497 e. The van der Waals surface area contributed by atoms with Crippen LogP contribution in [-0.2, 0) is 4.79 Å². The molecule has 0 radical (unpaired) electrons. The van der Waals surface area contributed by atoms with Crippen molar-refractivity contribution in [3.05, 3.63) is 54.1 Å². The molecule has 5 heteroatoms. The summed E-state index contributed by atoms with van der Waals surface area (Å²) in [6.07, 6.45) is -0.735. The van der Waals surface area contributed by atoms with E-state index in [9.17, 15) is 4.79 Å². The van der Waals surface area contributed by atoms with Crippen molar-refractivity contribution in [3.8, 4) is 17.6 Å². The first kappa shape index (κ1) is 15.4. The van der Waals surface area contributed by atoms with E-state index < -0.39 is 6.10 Å². The van der Waals surface area contributed by atoms with Gasteiger partial charge in [0.25, 0.3) is 5.91 Å². The summed E-state index contributed by atoms with van der Waals surface area (Å²) in [5, 5.41) is 11.8. The summed E-state index contributed by atoms with van der Waals surface area (Å²) >= 11 is 0. The number of carbonyl (C=O) groups excluding carboxylic acids is 1. The second-order valence-corrected chi connectivity index (χ2v) is 4.59. The summed E-state index contributed by atoms with van der Waals surface area (Å²) in [6.45, 7) is 1.63. The average molecular weight is 296 g/mol. The molecule has 0 unspecified atom stereocenters. The van der Waals surface area contributed by atoms with Gasteiger partial charge in [-0.1, -0.05) is 18.2 Å². The van der Waals surface area contributed by atoms with E-state index in [1.165, 1.54) is 0 Å². The summed E-state index contributed by atoms with van der Waals surface area (Å²) in [5.41, 5.74) is 1.01. The summed E-state index contributed by atoms with van der Waals surface area (Å²) in [4.78, 5) is 12.2. The van der Waals surface area contributed by atoms with Gasteiger partial charge in [0.2, 0.25) is 0 Å². The Hall–Kier alpha value is -3.00. The van der Waals surface area contributed by atoms with Crippen LogP contribution in [0.15, 0.2) is 48.5 Å². The number of amides is 1. The highest BCUT2D eigenvalue weighted by atomic mass is 16.5. The van der Waals surface area contributed by atoms with Crippen LogP contribution in [0.25, 0.3) is 0 Å². The standard InChI is InChI=1S/C17H16N2O3/c1-12(22-16-9-4-3-6-13(16)11-18)17(20)19-14-7-5-8-15(10-14)21-2/h3-10,12H,1-2H3,(H,19,20)/t12-/m0/s1. The van der Waals surface area contributed by atoms with Crippen LogP contribution in [0.5, 0.6) is 11.5 Å². The number of nitrogens with zero attached hydrogens (tertiary/aromatic N) is 1. The smallest absolute Gasteiger partial charge is 0.265 e. The molecule has 0 bridgehead atoms. The lowest BCUT2D eigenvalue weighted by molar-refractivity contribution is -0.122. The Labute approximate surface area is 129 Å². The molecule has 0 spiro atoms. The van der Waals surface area contributed by atoms with E-state index in [0.29, 0.717) is 22.7 Å². The van der Waals surface area contributed by atoms with E-state index in [1.54, 1.807) is 62.6 Å². The van der Waals surface area contributed by atoms with Gasteiger partial charge in [0, 0.05) is 11.8 Å². The molecular weight excluding hydrogens is 280 g/mol. The highest BCUT2D eigenvalue weighted by Crippen LogP contribution is 2.20. The number of rotatable bonds is 5. The van der Waals surface area contributed by atoms with Crippen LogP contribution in [0.2, 0.25) is 0 Å². The maximum atomic E-state index is 12.2. The zero-order valence-electron chi connectivity index (χ0n) is 12.4. The largest absolute Gasteiger partial charge is 0.497 e. The van der Waals surface area contributed by atoms with Gasteiger partial charge in [-0.15, -0.1) is 0 Å². The van der Waals surface area contributed by atoms with E-state index in [1.807, 2.05) is 6.07 Å². The van der Waals surface area contributed by atoms with Crippen molar-refractivity contribution in [1.29, 1.82) is 5.26 Å². The number of para-hydroxylation sites is 1. The summed E-state index contributed by atoms with van der Waals surface area (Å²) < 4.78 is 10.7. The van der Waals surface area contributed by atoms with E-state index in [4.69, 9.17) is 14.7 Å². The van der Waals surface area contributed by atoms with Gasteiger partial charge < -0.3 is 14.8 Å². The monoisotopic (exact) mass is 296 g/mol. The second-order valence-electron chi connectivity index (χ2n) is 4.59. The number of carbonyl (C=O) groups is 1. The average Bonchev–Trinajstić information content (AvgIpc) is 2.55. The number of hydrogen-bond acceptors (Lipinski definition) is 4. The van der Waals surface area contributed by atoms with Crippen LogP contribution in [0.4, 0.5) is 5.69 Å². The van der Waals surface area contributed by atoms with Gasteiger partial charge in [-0.25, -0.2) is 0 Å². The SMILES string of the molecule is COc1cccc(NC(=O)[C@H](C)Oc2ccccc2C#N)c1. The van der Waals surface area contributed by atoms with Crippen LogP contribution in [0.3, 0.4) is 0 Å². The molecule has 0 aliphatic rings. The Balaban J connectivity index is 2.04. The van der Waals surface area contributed by atoms with Gasteiger partial charge in [-0.3, -0.25) is 4.79 Å². The zero-order valence-corrected chi connectivity index (χ0v) is 12.4. The van der Waals surface area contributed by atoms with Crippen LogP contribution < -0.4 is 14.8 Å². The predicted octanol–water partition coefficient (Wildman–Crippen LogP) is 2.97. The van der Waals surface area contributed by atoms with Crippen LogP contribution in [0, 0.1) is 11.3 Å². The zero-order chi connectivity index (χ0) is 15.9. The fraction of sp³-hybridized carbons (Fsp3) is 0.176. The third-order valence-electron chi connectivity index (χ3n) is 3.02. The van der Waals surface area contributed by atoms with Gasteiger partial charge in [0.15, 0.2) is 6.10 Å². The van der Waals surface area contributed by atoms with E-state index in [2.05, 4.69) is 5.32 Å². The Morgan fingerprint density at radius 2 is 2.00 bits per heavy atom. The minimum absolute atomic E-state index is 0.305. The Kier molecular flexibility index (Phi) is 4.99. The summed E-state index contributed by atoms with van der Waals surface area (Å²) in [6, 6.07) is 15.9. The molecule has 1 N–H and O–H groups in total. The number of nitrogens with one attached hydrogen (secondary N) is 1. The van der Waals surface area contributed by atoms with Crippen molar-refractivity contribution in [1.82, 2.24) is 0 Å². The maximum absolute atomic E-state index is 12.2. The molecule has 0 aliphatic carbocycles. The molecule has 2 aromatic carbocycles. The Morgan fingerprint density at radius 1 is 1.23 bits per heavy atom. The van der Waals surface area contributed by atoms with E-state index in [-0.39, 0.29) is 5.91 Å². The van der Waals surface area contributed by atoms with Gasteiger partial charge in [0.1, 0.15) is 17.6 Å². The number of anilines is 1. The van der Waals surface area contributed by atoms with Crippen molar-refractivity contribution in [3.63, 3.8) is 0 Å². The molecule has 0 heterocycles. The lowest BCUT2D eigenvalue weighted by atomic mass is 10.2. The lowest BCUT2D eigenvalue weighted by Gasteiger charge is -2.15. The quantitative estimate of drug-likeness (QED) is 0.920. The van der Waals surface area contributed by atoms with E-state index in [0.717, 1.165) is 0 Å². The van der Waals surface area contributed by atoms with E-state index >= 15 is 0 Å².